The third-order valence-electron chi connectivity index (χ3n) is 3.13. The summed E-state index contributed by atoms with van der Waals surface area (Å²) in [5, 5.41) is 10.4. The minimum absolute atomic E-state index is 0.318. The van der Waals surface area contributed by atoms with E-state index in [1.807, 2.05) is 0 Å². The monoisotopic (exact) mass is 272 g/mol. The van der Waals surface area contributed by atoms with E-state index < -0.39 is 5.60 Å². The molecule has 3 heteroatoms. The Bertz CT molecular complexity index is 359. The predicted molar refractivity (Wildman–Crippen MR) is 61.1 cm³/mol. The lowest BCUT2D eigenvalue weighted by Gasteiger charge is -2.32. The lowest BCUT2D eigenvalue weighted by molar-refractivity contribution is -0.00384. The lowest BCUT2D eigenvalue weighted by Crippen LogP contribution is -2.29. The fourth-order valence-corrected chi connectivity index (χ4v) is 2.64. The quantitative estimate of drug-likeness (QED) is 0.826. The topological polar surface area (TPSA) is 20.2 Å². The molecule has 1 N–H and O–H groups in total. The average Bonchev–Trinajstić information content (AvgIpc) is 2.23. The van der Waals surface area contributed by atoms with Gasteiger partial charge in [-0.3, -0.25) is 0 Å². The predicted octanol–water partition coefficient (Wildman–Crippen LogP) is 3.74. The van der Waals surface area contributed by atoms with Crippen molar-refractivity contribution in [2.75, 3.05) is 0 Å². The van der Waals surface area contributed by atoms with Gasteiger partial charge in [-0.2, -0.15) is 0 Å². The Morgan fingerprint density at radius 3 is 2.53 bits per heavy atom. The summed E-state index contributed by atoms with van der Waals surface area (Å²) in [5.74, 6) is -0.318. The van der Waals surface area contributed by atoms with Crippen molar-refractivity contribution >= 4 is 15.9 Å². The van der Waals surface area contributed by atoms with Crippen LogP contribution in [-0.2, 0) is 5.60 Å². The van der Waals surface area contributed by atoms with Crippen molar-refractivity contribution in [3.63, 3.8) is 0 Å². The van der Waals surface area contributed by atoms with Gasteiger partial charge in [0.15, 0.2) is 0 Å². The summed E-state index contributed by atoms with van der Waals surface area (Å²) in [6.45, 7) is 0. The minimum Gasteiger partial charge on any atom is -0.385 e. The molecule has 0 atom stereocenters. The van der Waals surface area contributed by atoms with Gasteiger partial charge >= 0.3 is 0 Å². The molecule has 0 aliphatic heterocycles. The van der Waals surface area contributed by atoms with Crippen molar-refractivity contribution < 1.29 is 9.50 Å². The highest BCUT2D eigenvalue weighted by molar-refractivity contribution is 9.10. The Balaban J connectivity index is 2.39. The van der Waals surface area contributed by atoms with Gasteiger partial charge in [-0.25, -0.2) is 4.39 Å². The van der Waals surface area contributed by atoms with E-state index in [2.05, 4.69) is 15.9 Å². The molecular weight excluding hydrogens is 259 g/mol. The zero-order valence-electron chi connectivity index (χ0n) is 8.47. The van der Waals surface area contributed by atoms with Crippen molar-refractivity contribution in [3.05, 3.63) is 34.1 Å². The molecule has 0 spiro atoms. The van der Waals surface area contributed by atoms with E-state index in [0.29, 0.717) is 22.9 Å². The van der Waals surface area contributed by atoms with Gasteiger partial charge in [0.05, 0.1) is 10.1 Å². The molecule has 0 saturated heterocycles. The fourth-order valence-electron chi connectivity index (χ4n) is 2.27. The molecule has 0 bridgehead atoms. The third-order valence-corrected chi connectivity index (χ3v) is 3.75. The second-order valence-corrected chi connectivity index (χ2v) is 5.05. The van der Waals surface area contributed by atoms with Gasteiger partial charge in [0, 0.05) is 5.56 Å². The summed E-state index contributed by atoms with van der Waals surface area (Å²) in [6.07, 6.45) is 4.42. The van der Waals surface area contributed by atoms with E-state index in [1.54, 1.807) is 18.2 Å². The van der Waals surface area contributed by atoms with Crippen molar-refractivity contribution in [1.82, 2.24) is 0 Å². The Labute approximate surface area is 97.4 Å². The molecule has 1 aliphatic rings. The van der Waals surface area contributed by atoms with Gasteiger partial charge < -0.3 is 5.11 Å². The highest BCUT2D eigenvalue weighted by atomic mass is 79.9. The Morgan fingerprint density at radius 1 is 1.20 bits per heavy atom. The molecule has 1 aromatic rings. The summed E-state index contributed by atoms with van der Waals surface area (Å²) in [5.41, 5.74) is -0.511. The van der Waals surface area contributed by atoms with Gasteiger partial charge in [0.25, 0.3) is 0 Å². The summed E-state index contributed by atoms with van der Waals surface area (Å²) < 4.78 is 14.3. The molecule has 0 amide bonds. The van der Waals surface area contributed by atoms with Crippen LogP contribution in [0, 0.1) is 5.82 Å². The first-order chi connectivity index (χ1) is 7.13. The van der Waals surface area contributed by atoms with Crippen LogP contribution in [0.25, 0.3) is 0 Å². The molecule has 15 heavy (non-hydrogen) atoms. The molecule has 0 heterocycles. The largest absolute Gasteiger partial charge is 0.385 e. The Hall–Kier alpha value is -0.410. The van der Waals surface area contributed by atoms with Gasteiger partial charge in [0.1, 0.15) is 5.82 Å². The number of halogens is 2. The van der Waals surface area contributed by atoms with Crippen LogP contribution in [-0.4, -0.2) is 5.11 Å². The summed E-state index contributed by atoms with van der Waals surface area (Å²) in [6, 6.07) is 5.12. The SMILES string of the molecule is OC1(c2cccc(Br)c2F)CCCCC1. The van der Waals surface area contributed by atoms with Gasteiger partial charge in [0.2, 0.25) is 0 Å². The smallest absolute Gasteiger partial charge is 0.143 e. The first kappa shape index (κ1) is 11.1. The molecule has 1 saturated carbocycles. The fraction of sp³-hybridized carbons (Fsp3) is 0.500. The van der Waals surface area contributed by atoms with Crippen LogP contribution in [0.5, 0.6) is 0 Å². The molecule has 1 fully saturated rings. The highest BCUT2D eigenvalue weighted by Crippen LogP contribution is 2.39. The number of benzene rings is 1. The zero-order chi connectivity index (χ0) is 10.9. The van der Waals surface area contributed by atoms with Crippen LogP contribution in [0.15, 0.2) is 22.7 Å². The first-order valence-electron chi connectivity index (χ1n) is 5.30. The van der Waals surface area contributed by atoms with Gasteiger partial charge in [-0.1, -0.05) is 31.4 Å². The normalized spacial score (nSPS) is 20.2. The number of aliphatic hydroxyl groups is 1. The molecule has 0 unspecified atom stereocenters. The maximum absolute atomic E-state index is 13.8. The maximum atomic E-state index is 13.8. The molecule has 1 nitrogen and oxygen atoms in total. The molecule has 82 valence electrons. The Kier molecular flexibility index (Phi) is 3.12. The molecule has 1 aromatic carbocycles. The second kappa shape index (κ2) is 4.22. The van der Waals surface area contributed by atoms with Crippen molar-refractivity contribution in [3.8, 4) is 0 Å². The zero-order valence-corrected chi connectivity index (χ0v) is 10.1. The summed E-state index contributed by atoms with van der Waals surface area (Å²) in [7, 11) is 0. The van der Waals surface area contributed by atoms with Crippen LogP contribution in [0.3, 0.4) is 0 Å². The van der Waals surface area contributed by atoms with Crippen LogP contribution in [0.2, 0.25) is 0 Å². The van der Waals surface area contributed by atoms with E-state index in [1.165, 1.54) is 0 Å². The van der Waals surface area contributed by atoms with Crippen LogP contribution in [0.1, 0.15) is 37.7 Å². The molecule has 1 aliphatic carbocycles. The highest BCUT2D eigenvalue weighted by Gasteiger charge is 2.33. The van der Waals surface area contributed by atoms with Gasteiger partial charge in [-0.15, -0.1) is 0 Å². The van der Waals surface area contributed by atoms with E-state index in [0.717, 1.165) is 19.3 Å². The maximum Gasteiger partial charge on any atom is 0.143 e. The summed E-state index contributed by atoms with van der Waals surface area (Å²) in [4.78, 5) is 0. The number of hydrogen-bond acceptors (Lipinski definition) is 1. The molecule has 0 aromatic heterocycles. The van der Waals surface area contributed by atoms with Crippen molar-refractivity contribution in [1.29, 1.82) is 0 Å². The van der Waals surface area contributed by atoms with E-state index in [9.17, 15) is 9.50 Å². The number of rotatable bonds is 1. The Morgan fingerprint density at radius 2 is 1.87 bits per heavy atom. The first-order valence-corrected chi connectivity index (χ1v) is 6.10. The van der Waals surface area contributed by atoms with Crippen molar-refractivity contribution in [2.45, 2.75) is 37.7 Å². The lowest BCUT2D eigenvalue weighted by atomic mass is 9.79. The van der Waals surface area contributed by atoms with Crippen LogP contribution < -0.4 is 0 Å². The van der Waals surface area contributed by atoms with Crippen molar-refractivity contribution in [2.24, 2.45) is 0 Å². The van der Waals surface area contributed by atoms with E-state index in [-0.39, 0.29) is 5.82 Å². The van der Waals surface area contributed by atoms with Crippen LogP contribution in [0.4, 0.5) is 4.39 Å². The van der Waals surface area contributed by atoms with E-state index in [4.69, 9.17) is 0 Å². The average molecular weight is 273 g/mol. The van der Waals surface area contributed by atoms with E-state index >= 15 is 0 Å². The summed E-state index contributed by atoms with van der Waals surface area (Å²) >= 11 is 3.15. The molecule has 0 radical (unpaired) electrons. The number of hydrogen-bond donors (Lipinski definition) is 1. The molecular formula is C12H14BrFO. The molecule has 2 rings (SSSR count). The third kappa shape index (κ3) is 2.08. The minimum atomic E-state index is -0.952. The standard InChI is InChI=1S/C12H14BrFO/c13-10-6-4-5-9(11(10)14)12(15)7-2-1-3-8-12/h4-6,15H,1-3,7-8H2. The van der Waals surface area contributed by atoms with Gasteiger partial charge in [-0.05, 0) is 34.8 Å². The second-order valence-electron chi connectivity index (χ2n) is 4.19. The van der Waals surface area contributed by atoms with Crippen LogP contribution >= 0.6 is 15.9 Å².